The number of rotatable bonds is 7. The highest BCUT2D eigenvalue weighted by Gasteiger charge is 2.28. The normalized spacial score (nSPS) is 11.9. The van der Waals surface area contributed by atoms with E-state index in [0.717, 1.165) is 4.90 Å². The van der Waals surface area contributed by atoms with E-state index in [9.17, 15) is 14.7 Å². The molecule has 0 saturated heterocycles. The molecule has 2 aromatic heterocycles. The molecular formula is C20H17ClO6S. The molecule has 1 unspecified atom stereocenters. The number of furan rings is 1. The number of halogens is 1. The zero-order valence-corrected chi connectivity index (χ0v) is 16.5. The molecule has 0 saturated carbocycles. The highest BCUT2D eigenvalue weighted by molar-refractivity contribution is 7.98. The molecule has 146 valence electrons. The van der Waals surface area contributed by atoms with Crippen molar-refractivity contribution in [1.29, 1.82) is 0 Å². The van der Waals surface area contributed by atoms with Gasteiger partial charge in [-0.2, -0.15) is 0 Å². The number of benzene rings is 1. The number of hydrogen-bond acceptors (Lipinski definition) is 7. The number of carbonyl (C=O) groups excluding carboxylic acids is 1. The van der Waals surface area contributed by atoms with Crippen LogP contribution in [0, 0.1) is 0 Å². The second-order valence-corrected chi connectivity index (χ2v) is 7.28. The summed E-state index contributed by atoms with van der Waals surface area (Å²) < 4.78 is 15.9. The van der Waals surface area contributed by atoms with Gasteiger partial charge in [0.05, 0.1) is 36.5 Å². The molecule has 1 aromatic carbocycles. The second-order valence-electron chi connectivity index (χ2n) is 5.86. The van der Waals surface area contributed by atoms with Crippen LogP contribution in [0.5, 0.6) is 5.75 Å². The Morgan fingerprint density at radius 3 is 2.75 bits per heavy atom. The first kappa shape index (κ1) is 20.1. The van der Waals surface area contributed by atoms with Crippen LogP contribution < -0.4 is 5.43 Å². The summed E-state index contributed by atoms with van der Waals surface area (Å²) in [5, 5.41) is 10.9. The number of ether oxygens (including phenoxy) is 1. The molecule has 1 atom stereocenters. The number of carbonyl (C=O) groups is 1. The minimum Gasteiger partial charge on any atom is -0.502 e. The van der Waals surface area contributed by atoms with Crippen LogP contribution in [0.15, 0.2) is 67.3 Å². The Morgan fingerprint density at radius 2 is 2.07 bits per heavy atom. The third-order valence-corrected chi connectivity index (χ3v) is 5.55. The molecule has 0 aliphatic carbocycles. The largest absolute Gasteiger partial charge is 0.502 e. The van der Waals surface area contributed by atoms with Crippen LogP contribution in [0.2, 0.25) is 5.02 Å². The van der Waals surface area contributed by atoms with Gasteiger partial charge in [-0.15, -0.1) is 11.8 Å². The first-order chi connectivity index (χ1) is 13.5. The fourth-order valence-corrected chi connectivity index (χ4v) is 3.76. The fraction of sp³-hybridized carbons (Fsp3) is 0.200. The predicted octanol–water partition coefficient (Wildman–Crippen LogP) is 4.58. The molecular weight excluding hydrogens is 404 g/mol. The van der Waals surface area contributed by atoms with Gasteiger partial charge in [0.1, 0.15) is 11.5 Å². The lowest BCUT2D eigenvalue weighted by Gasteiger charge is -2.15. The Kier molecular flexibility index (Phi) is 6.49. The van der Waals surface area contributed by atoms with Crippen LogP contribution in [0.3, 0.4) is 0 Å². The average molecular weight is 421 g/mol. The van der Waals surface area contributed by atoms with Crippen LogP contribution in [0.4, 0.5) is 0 Å². The maximum atomic E-state index is 12.3. The molecule has 2 heterocycles. The van der Waals surface area contributed by atoms with E-state index in [1.54, 1.807) is 18.2 Å². The van der Waals surface area contributed by atoms with Gasteiger partial charge < -0.3 is 18.7 Å². The molecule has 0 aliphatic heterocycles. The monoisotopic (exact) mass is 420 g/mol. The number of thioether (sulfide) groups is 1. The smallest absolute Gasteiger partial charge is 0.306 e. The standard InChI is InChI=1S/C20H17ClO6S/c1-25-18(23)10-13(16-6-4-8-26-16)20-19(24)15(22)9-12(27-20)11-28-17-7-3-2-5-14(17)21/h2-9,13,24H,10-11H2,1H3. The van der Waals surface area contributed by atoms with Gasteiger partial charge >= 0.3 is 5.97 Å². The lowest BCUT2D eigenvalue weighted by Crippen LogP contribution is -2.13. The summed E-state index contributed by atoms with van der Waals surface area (Å²) in [5.74, 6) is -0.891. The molecule has 8 heteroatoms. The molecule has 6 nitrogen and oxygen atoms in total. The zero-order chi connectivity index (χ0) is 20.1. The Morgan fingerprint density at radius 1 is 1.29 bits per heavy atom. The van der Waals surface area contributed by atoms with E-state index >= 15 is 0 Å². The van der Waals surface area contributed by atoms with Crippen LogP contribution in [-0.2, 0) is 15.3 Å². The van der Waals surface area contributed by atoms with Gasteiger partial charge in [0.2, 0.25) is 11.2 Å². The van der Waals surface area contributed by atoms with E-state index in [2.05, 4.69) is 0 Å². The summed E-state index contributed by atoms with van der Waals surface area (Å²) in [4.78, 5) is 24.9. The summed E-state index contributed by atoms with van der Waals surface area (Å²) in [5.41, 5.74) is -0.600. The van der Waals surface area contributed by atoms with Gasteiger partial charge in [0.15, 0.2) is 5.76 Å². The van der Waals surface area contributed by atoms with E-state index in [4.69, 9.17) is 25.2 Å². The number of aromatic hydroxyl groups is 1. The zero-order valence-electron chi connectivity index (χ0n) is 14.9. The minimum atomic E-state index is -0.791. The maximum absolute atomic E-state index is 12.3. The topological polar surface area (TPSA) is 89.9 Å². The first-order valence-corrected chi connectivity index (χ1v) is 9.69. The molecule has 3 aromatic rings. The van der Waals surface area contributed by atoms with Crippen molar-refractivity contribution in [1.82, 2.24) is 0 Å². The van der Waals surface area contributed by atoms with E-state index in [-0.39, 0.29) is 12.2 Å². The quantitative estimate of drug-likeness (QED) is 0.442. The maximum Gasteiger partial charge on any atom is 0.306 e. The van der Waals surface area contributed by atoms with Crippen molar-refractivity contribution in [3.05, 3.63) is 81.3 Å². The Hall–Kier alpha value is -2.64. The van der Waals surface area contributed by atoms with Crippen molar-refractivity contribution in [3.8, 4) is 5.75 Å². The summed E-state index contributed by atoms with van der Waals surface area (Å²) in [6.07, 6.45) is 1.29. The molecule has 3 rings (SSSR count). The van der Waals surface area contributed by atoms with Crippen molar-refractivity contribution in [2.45, 2.75) is 23.0 Å². The molecule has 1 N–H and O–H groups in total. The van der Waals surface area contributed by atoms with Crippen LogP contribution in [-0.4, -0.2) is 18.2 Å². The average Bonchev–Trinajstić information content (AvgIpc) is 3.22. The highest BCUT2D eigenvalue weighted by atomic mass is 35.5. The predicted molar refractivity (Wildman–Crippen MR) is 105 cm³/mol. The fourth-order valence-electron chi connectivity index (χ4n) is 2.64. The summed E-state index contributed by atoms with van der Waals surface area (Å²) >= 11 is 7.54. The molecule has 0 spiro atoms. The van der Waals surface area contributed by atoms with E-state index in [1.165, 1.54) is 31.2 Å². The molecule has 0 fully saturated rings. The highest BCUT2D eigenvalue weighted by Crippen LogP contribution is 2.35. The number of methoxy groups -OCH3 is 1. The summed E-state index contributed by atoms with van der Waals surface area (Å²) in [7, 11) is 1.26. The number of hydrogen-bond donors (Lipinski definition) is 1. The van der Waals surface area contributed by atoms with Crippen molar-refractivity contribution < 1.29 is 23.5 Å². The van der Waals surface area contributed by atoms with E-state index in [1.807, 2.05) is 18.2 Å². The lowest BCUT2D eigenvalue weighted by molar-refractivity contribution is -0.141. The number of esters is 1. The van der Waals surface area contributed by atoms with Gasteiger partial charge in [0.25, 0.3) is 0 Å². The van der Waals surface area contributed by atoms with Crippen molar-refractivity contribution in [2.24, 2.45) is 0 Å². The van der Waals surface area contributed by atoms with Crippen molar-refractivity contribution in [3.63, 3.8) is 0 Å². The molecule has 0 radical (unpaired) electrons. The van der Waals surface area contributed by atoms with Gasteiger partial charge in [0, 0.05) is 11.0 Å². The Labute approximate surface area is 170 Å². The molecule has 0 amide bonds. The molecule has 0 bridgehead atoms. The SMILES string of the molecule is COC(=O)CC(c1ccco1)c1oc(CSc2ccccc2Cl)cc(=O)c1O. The molecule has 0 aliphatic rings. The van der Waals surface area contributed by atoms with Gasteiger partial charge in [-0.1, -0.05) is 23.7 Å². The summed E-state index contributed by atoms with van der Waals surface area (Å²) in [6, 6.07) is 11.8. The first-order valence-electron chi connectivity index (χ1n) is 8.33. The van der Waals surface area contributed by atoms with E-state index < -0.39 is 23.1 Å². The minimum absolute atomic E-state index is 0.0393. The van der Waals surface area contributed by atoms with E-state index in [0.29, 0.717) is 22.3 Å². The van der Waals surface area contributed by atoms with Gasteiger partial charge in [-0.3, -0.25) is 9.59 Å². The van der Waals surface area contributed by atoms with Crippen LogP contribution in [0.25, 0.3) is 0 Å². The molecule has 28 heavy (non-hydrogen) atoms. The van der Waals surface area contributed by atoms with Crippen LogP contribution >= 0.6 is 23.4 Å². The lowest BCUT2D eigenvalue weighted by atomic mass is 9.98. The van der Waals surface area contributed by atoms with Crippen molar-refractivity contribution >= 4 is 29.3 Å². The van der Waals surface area contributed by atoms with Gasteiger partial charge in [-0.25, -0.2) is 0 Å². The second kappa shape index (κ2) is 9.03. The Bertz CT molecular complexity index is 1010. The third kappa shape index (κ3) is 4.61. The summed E-state index contributed by atoms with van der Waals surface area (Å²) in [6.45, 7) is 0. The van der Waals surface area contributed by atoms with Crippen molar-refractivity contribution in [2.75, 3.05) is 7.11 Å². The van der Waals surface area contributed by atoms with Gasteiger partial charge in [-0.05, 0) is 24.3 Å². The Balaban J connectivity index is 1.94. The van der Waals surface area contributed by atoms with Crippen LogP contribution in [0.1, 0.15) is 29.6 Å². The third-order valence-electron chi connectivity index (χ3n) is 4.01.